The molecule has 0 aliphatic heterocycles. The summed E-state index contributed by atoms with van der Waals surface area (Å²) in [5.41, 5.74) is 0.304. The second-order valence-electron chi connectivity index (χ2n) is 7.24. The maximum atomic E-state index is 12.6. The van der Waals surface area contributed by atoms with E-state index in [-0.39, 0.29) is 4.90 Å². The lowest BCUT2D eigenvalue weighted by Gasteiger charge is -2.22. The highest BCUT2D eigenvalue weighted by atomic mass is 32.2. The predicted octanol–water partition coefficient (Wildman–Crippen LogP) is 3.47. The van der Waals surface area contributed by atoms with Crippen LogP contribution in [0.15, 0.2) is 47.5 Å². The number of anilines is 1. The van der Waals surface area contributed by atoms with Crippen LogP contribution in [0.1, 0.15) is 42.5 Å². The summed E-state index contributed by atoms with van der Waals surface area (Å²) in [4.78, 5) is 21.6. The molecule has 1 saturated carbocycles. The fraction of sp³-hybridized carbons (Fsp3) is 0.429. The van der Waals surface area contributed by atoms with Crippen molar-refractivity contribution in [2.45, 2.75) is 37.0 Å². The van der Waals surface area contributed by atoms with E-state index in [0.29, 0.717) is 29.7 Å². The second kappa shape index (κ2) is 10.0. The standard InChI is InChI=1S/C21H27N3O5S/c1-24(28-2)30(26,27)18-12-10-17(11-13-18)21(25)23-20-19(9-6-14-22-20)29-15-16-7-4-3-5-8-16/h6,9-14,16H,3-5,7-8,15H2,1-2H3,(H,22,23,25). The Morgan fingerprint density at radius 3 is 2.53 bits per heavy atom. The zero-order valence-electron chi connectivity index (χ0n) is 17.2. The smallest absolute Gasteiger partial charge is 0.264 e. The molecule has 0 saturated heterocycles. The molecule has 30 heavy (non-hydrogen) atoms. The SMILES string of the molecule is CON(C)S(=O)(=O)c1ccc(C(=O)Nc2ncccc2OCC2CCCCC2)cc1. The molecule has 1 N–H and O–H groups in total. The van der Waals surface area contributed by atoms with Gasteiger partial charge in [-0.3, -0.25) is 9.63 Å². The molecule has 3 rings (SSSR count). The number of amides is 1. The lowest BCUT2D eigenvalue weighted by molar-refractivity contribution is -0.0258. The lowest BCUT2D eigenvalue weighted by Crippen LogP contribution is -2.25. The summed E-state index contributed by atoms with van der Waals surface area (Å²) < 4.78 is 31.2. The number of hydroxylamine groups is 1. The van der Waals surface area contributed by atoms with Gasteiger partial charge in [-0.15, -0.1) is 0 Å². The molecule has 0 unspecified atom stereocenters. The fourth-order valence-electron chi connectivity index (χ4n) is 3.37. The number of carbonyl (C=O) groups is 1. The van der Waals surface area contributed by atoms with E-state index >= 15 is 0 Å². The number of ether oxygens (including phenoxy) is 1. The van der Waals surface area contributed by atoms with Crippen molar-refractivity contribution in [2.75, 3.05) is 26.1 Å². The van der Waals surface area contributed by atoms with Gasteiger partial charge < -0.3 is 10.1 Å². The van der Waals surface area contributed by atoms with Crippen LogP contribution in [0.5, 0.6) is 5.75 Å². The van der Waals surface area contributed by atoms with Crippen LogP contribution in [0.2, 0.25) is 0 Å². The van der Waals surface area contributed by atoms with Crippen LogP contribution in [0, 0.1) is 5.92 Å². The number of pyridine rings is 1. The maximum absolute atomic E-state index is 12.6. The van der Waals surface area contributed by atoms with Gasteiger partial charge in [-0.05, 0) is 55.2 Å². The Bertz CT molecular complexity index is 957. The Labute approximate surface area is 177 Å². The molecule has 1 amide bonds. The average Bonchev–Trinajstić information content (AvgIpc) is 2.78. The fourth-order valence-corrected chi connectivity index (χ4v) is 4.34. The van der Waals surface area contributed by atoms with E-state index in [1.807, 2.05) is 0 Å². The van der Waals surface area contributed by atoms with Crippen molar-refractivity contribution >= 4 is 21.7 Å². The van der Waals surface area contributed by atoms with Crippen molar-refractivity contribution in [1.29, 1.82) is 0 Å². The van der Waals surface area contributed by atoms with Crippen molar-refractivity contribution in [1.82, 2.24) is 9.45 Å². The van der Waals surface area contributed by atoms with Gasteiger partial charge in [-0.25, -0.2) is 13.4 Å². The van der Waals surface area contributed by atoms with Gasteiger partial charge in [0.25, 0.3) is 15.9 Å². The predicted molar refractivity (Wildman–Crippen MR) is 113 cm³/mol. The zero-order chi connectivity index (χ0) is 21.6. The first-order chi connectivity index (χ1) is 14.4. The highest BCUT2D eigenvalue weighted by Gasteiger charge is 2.21. The van der Waals surface area contributed by atoms with Crippen LogP contribution < -0.4 is 10.1 Å². The van der Waals surface area contributed by atoms with Gasteiger partial charge in [-0.2, -0.15) is 0 Å². The minimum absolute atomic E-state index is 0.0257. The van der Waals surface area contributed by atoms with Crippen LogP contribution in [0.25, 0.3) is 0 Å². The zero-order valence-corrected chi connectivity index (χ0v) is 18.0. The molecule has 1 aromatic heterocycles. The topological polar surface area (TPSA) is 97.8 Å². The Balaban J connectivity index is 1.67. The maximum Gasteiger partial charge on any atom is 0.264 e. The first kappa shape index (κ1) is 22.2. The van der Waals surface area contributed by atoms with Crippen molar-refractivity contribution in [2.24, 2.45) is 5.92 Å². The quantitative estimate of drug-likeness (QED) is 0.640. The monoisotopic (exact) mass is 433 g/mol. The Morgan fingerprint density at radius 1 is 1.17 bits per heavy atom. The minimum Gasteiger partial charge on any atom is -0.489 e. The number of benzene rings is 1. The van der Waals surface area contributed by atoms with Gasteiger partial charge in [0.05, 0.1) is 18.6 Å². The van der Waals surface area contributed by atoms with E-state index in [4.69, 9.17) is 9.57 Å². The van der Waals surface area contributed by atoms with E-state index in [2.05, 4.69) is 10.3 Å². The van der Waals surface area contributed by atoms with Gasteiger partial charge >= 0.3 is 0 Å². The largest absolute Gasteiger partial charge is 0.489 e. The molecule has 1 heterocycles. The lowest BCUT2D eigenvalue weighted by atomic mass is 9.90. The summed E-state index contributed by atoms with van der Waals surface area (Å²) in [6, 6.07) is 9.14. The molecule has 1 aliphatic rings. The molecule has 1 aliphatic carbocycles. The average molecular weight is 434 g/mol. The molecule has 162 valence electrons. The highest BCUT2D eigenvalue weighted by Crippen LogP contribution is 2.27. The summed E-state index contributed by atoms with van der Waals surface area (Å²) in [7, 11) is -1.21. The van der Waals surface area contributed by atoms with Crippen LogP contribution in [0.4, 0.5) is 5.82 Å². The summed E-state index contributed by atoms with van der Waals surface area (Å²) in [5.74, 6) is 0.994. The van der Waals surface area contributed by atoms with Gasteiger partial charge in [0, 0.05) is 18.8 Å². The third kappa shape index (κ3) is 5.35. The van der Waals surface area contributed by atoms with Crippen molar-refractivity contribution < 1.29 is 22.8 Å². The van der Waals surface area contributed by atoms with E-state index in [9.17, 15) is 13.2 Å². The van der Waals surface area contributed by atoms with E-state index in [0.717, 1.165) is 17.3 Å². The van der Waals surface area contributed by atoms with Crippen LogP contribution in [-0.4, -0.2) is 44.5 Å². The normalized spacial score (nSPS) is 15.2. The molecule has 1 fully saturated rings. The minimum atomic E-state index is -3.77. The van der Waals surface area contributed by atoms with Gasteiger partial charge in [-0.1, -0.05) is 23.7 Å². The first-order valence-corrected chi connectivity index (χ1v) is 11.4. The van der Waals surface area contributed by atoms with Crippen LogP contribution >= 0.6 is 0 Å². The molecule has 0 radical (unpaired) electrons. The molecule has 8 nitrogen and oxygen atoms in total. The Hall–Kier alpha value is -2.49. The van der Waals surface area contributed by atoms with Gasteiger partial charge in [0.2, 0.25) is 0 Å². The third-order valence-electron chi connectivity index (χ3n) is 5.21. The molecule has 9 heteroatoms. The molecular formula is C21H27N3O5S. The number of carbonyl (C=O) groups excluding carboxylic acids is 1. The van der Waals surface area contributed by atoms with Gasteiger partial charge in [0.1, 0.15) is 0 Å². The van der Waals surface area contributed by atoms with Crippen molar-refractivity contribution in [3.05, 3.63) is 48.2 Å². The molecule has 0 atom stereocenters. The van der Waals surface area contributed by atoms with E-state index in [1.54, 1.807) is 18.3 Å². The van der Waals surface area contributed by atoms with Crippen molar-refractivity contribution in [3.63, 3.8) is 0 Å². The summed E-state index contributed by atoms with van der Waals surface area (Å²) in [6.07, 6.45) is 7.66. The number of hydrogen-bond donors (Lipinski definition) is 1. The summed E-state index contributed by atoms with van der Waals surface area (Å²) in [6.45, 7) is 0.605. The van der Waals surface area contributed by atoms with Crippen molar-refractivity contribution in [3.8, 4) is 5.75 Å². The highest BCUT2D eigenvalue weighted by molar-refractivity contribution is 7.89. The number of hydrogen-bond acceptors (Lipinski definition) is 6. The van der Waals surface area contributed by atoms with Gasteiger partial charge in [0.15, 0.2) is 11.6 Å². The third-order valence-corrected chi connectivity index (χ3v) is 6.91. The number of nitrogens with one attached hydrogen (secondary N) is 1. The molecule has 0 bridgehead atoms. The van der Waals surface area contributed by atoms with Crippen LogP contribution in [-0.2, 0) is 14.9 Å². The van der Waals surface area contributed by atoms with E-state index < -0.39 is 15.9 Å². The molecule has 2 aromatic rings. The summed E-state index contributed by atoms with van der Waals surface area (Å²) in [5, 5.41) is 2.75. The number of sulfonamides is 1. The van der Waals surface area contributed by atoms with E-state index in [1.165, 1.54) is 57.7 Å². The van der Waals surface area contributed by atoms with Crippen LogP contribution in [0.3, 0.4) is 0 Å². The first-order valence-electron chi connectivity index (χ1n) is 9.94. The summed E-state index contributed by atoms with van der Waals surface area (Å²) >= 11 is 0. The Kier molecular flexibility index (Phi) is 7.41. The molecule has 0 spiro atoms. The molecule has 1 aromatic carbocycles. The second-order valence-corrected chi connectivity index (χ2v) is 9.18. The number of aromatic nitrogens is 1. The molecular weight excluding hydrogens is 406 g/mol. The number of nitrogens with zero attached hydrogens (tertiary/aromatic N) is 2. The number of rotatable bonds is 8. The Morgan fingerprint density at radius 2 is 1.87 bits per heavy atom.